The van der Waals surface area contributed by atoms with Crippen LogP contribution in [0.2, 0.25) is 10.0 Å². The van der Waals surface area contributed by atoms with E-state index < -0.39 is 16.0 Å². The highest BCUT2D eigenvalue weighted by molar-refractivity contribution is 7.98. The maximum atomic E-state index is 12.9. The minimum Gasteiger partial charge on any atom is -0.496 e. The van der Waals surface area contributed by atoms with Gasteiger partial charge in [0.25, 0.3) is 0 Å². The first-order chi connectivity index (χ1) is 22.1. The van der Waals surface area contributed by atoms with Crippen LogP contribution in [0.1, 0.15) is 44.4 Å². The molecule has 1 aromatic heterocycles. The van der Waals surface area contributed by atoms with Crippen LogP contribution < -0.4 is 9.46 Å². The van der Waals surface area contributed by atoms with Gasteiger partial charge in [0, 0.05) is 38.5 Å². The molecular weight excluding hydrogens is 663 g/mol. The highest BCUT2D eigenvalue weighted by Crippen LogP contribution is 2.37. The minimum absolute atomic E-state index is 0.106. The largest absolute Gasteiger partial charge is 0.496 e. The van der Waals surface area contributed by atoms with Crippen LogP contribution in [0.4, 0.5) is 0 Å². The van der Waals surface area contributed by atoms with Crippen LogP contribution in [-0.4, -0.2) is 38.1 Å². The van der Waals surface area contributed by atoms with Gasteiger partial charge in [-0.05, 0) is 78.2 Å². The fourth-order valence-corrected chi connectivity index (χ4v) is 7.38. The quantitative estimate of drug-likeness (QED) is 0.127. The van der Waals surface area contributed by atoms with Crippen molar-refractivity contribution in [3.63, 3.8) is 0 Å². The fourth-order valence-electron chi connectivity index (χ4n) is 4.80. The van der Waals surface area contributed by atoms with E-state index in [0.29, 0.717) is 28.0 Å². The first-order valence-corrected chi connectivity index (χ1v) is 17.5. The molecule has 4 aromatic carbocycles. The number of nitrogens with zero attached hydrogens (tertiary/aromatic N) is 1. The van der Waals surface area contributed by atoms with Crippen molar-refractivity contribution in [2.75, 3.05) is 13.7 Å². The number of fused-ring (bicyclic) bond motifs is 1. The number of ether oxygens (including phenoxy) is 1. The molecule has 0 bridgehead atoms. The summed E-state index contributed by atoms with van der Waals surface area (Å²) in [6.07, 6.45) is 4.42. The summed E-state index contributed by atoms with van der Waals surface area (Å²) >= 11 is 13.7. The molecule has 0 fully saturated rings. The van der Waals surface area contributed by atoms with Gasteiger partial charge in [-0.25, -0.2) is 22.9 Å². The van der Waals surface area contributed by atoms with Gasteiger partial charge in [-0.3, -0.25) is 0 Å². The van der Waals surface area contributed by atoms with Crippen molar-refractivity contribution in [2.45, 2.75) is 22.3 Å². The molecule has 0 aliphatic heterocycles. The molecule has 2 N–H and O–H groups in total. The van der Waals surface area contributed by atoms with E-state index in [4.69, 9.17) is 32.9 Å². The van der Waals surface area contributed by atoms with Gasteiger partial charge in [-0.15, -0.1) is 11.8 Å². The number of rotatable bonds is 13. The zero-order chi connectivity index (χ0) is 32.7. The van der Waals surface area contributed by atoms with Crippen molar-refractivity contribution in [3.05, 3.63) is 135 Å². The van der Waals surface area contributed by atoms with Gasteiger partial charge in [0.1, 0.15) is 5.75 Å². The summed E-state index contributed by atoms with van der Waals surface area (Å²) in [5.41, 5.74) is 4.55. The molecule has 0 amide bonds. The van der Waals surface area contributed by atoms with Crippen molar-refractivity contribution in [3.8, 4) is 5.75 Å². The molecule has 1 heterocycles. The molecule has 46 heavy (non-hydrogen) atoms. The maximum absolute atomic E-state index is 12.9. The Labute approximate surface area is 282 Å². The highest BCUT2D eigenvalue weighted by atomic mass is 35.5. The molecule has 5 aromatic rings. The summed E-state index contributed by atoms with van der Waals surface area (Å²) in [5, 5.41) is 11.4. The number of methoxy groups -OCH3 is 1. The van der Waals surface area contributed by atoms with Crippen molar-refractivity contribution in [1.29, 1.82) is 0 Å². The summed E-state index contributed by atoms with van der Waals surface area (Å²) in [5.74, 6) is -0.0345. The molecule has 0 saturated heterocycles. The normalized spacial score (nSPS) is 12.4. The second-order valence-corrected chi connectivity index (χ2v) is 14.2. The Morgan fingerprint density at radius 3 is 2.48 bits per heavy atom. The lowest BCUT2D eigenvalue weighted by Gasteiger charge is -2.19. The average Bonchev–Trinajstić information content (AvgIpc) is 3.05. The second-order valence-electron chi connectivity index (χ2n) is 10.3. The second kappa shape index (κ2) is 15.2. The van der Waals surface area contributed by atoms with Gasteiger partial charge < -0.3 is 9.84 Å². The number of carboxylic acids is 1. The number of aromatic nitrogens is 1. The number of benzene rings is 4. The summed E-state index contributed by atoms with van der Waals surface area (Å²) in [4.78, 5) is 16.3. The van der Waals surface area contributed by atoms with Crippen molar-refractivity contribution < 1.29 is 23.1 Å². The third kappa shape index (κ3) is 8.69. The molecule has 0 aliphatic rings. The van der Waals surface area contributed by atoms with E-state index in [0.717, 1.165) is 33.3 Å². The number of thioether (sulfide) groups is 1. The zero-order valence-electron chi connectivity index (χ0n) is 24.7. The van der Waals surface area contributed by atoms with Crippen molar-refractivity contribution >= 4 is 74.0 Å². The highest BCUT2D eigenvalue weighted by Gasteiger charge is 2.18. The lowest BCUT2D eigenvalue weighted by molar-refractivity contribution is 0.0696. The summed E-state index contributed by atoms with van der Waals surface area (Å²) in [6.45, 7) is 0.196. The van der Waals surface area contributed by atoms with Gasteiger partial charge in [0.2, 0.25) is 10.0 Å². The molecule has 0 saturated carbocycles. The van der Waals surface area contributed by atoms with E-state index in [1.54, 1.807) is 36.0 Å². The van der Waals surface area contributed by atoms with Crippen LogP contribution >= 0.6 is 35.0 Å². The van der Waals surface area contributed by atoms with Gasteiger partial charge in [0.15, 0.2) is 0 Å². The van der Waals surface area contributed by atoms with Crippen LogP contribution in [-0.2, 0) is 15.8 Å². The minimum atomic E-state index is -3.73. The van der Waals surface area contributed by atoms with Crippen LogP contribution in [0.5, 0.6) is 5.75 Å². The van der Waals surface area contributed by atoms with E-state index in [1.807, 2.05) is 60.7 Å². The third-order valence-corrected chi connectivity index (χ3v) is 10.6. The van der Waals surface area contributed by atoms with E-state index >= 15 is 0 Å². The Kier molecular flexibility index (Phi) is 11.0. The molecular formula is C35H30Cl2N2O5S2. The molecule has 0 radical (unpaired) electrons. The van der Waals surface area contributed by atoms with Gasteiger partial charge in [0.05, 0.1) is 28.8 Å². The van der Waals surface area contributed by atoms with Crippen LogP contribution in [0, 0.1) is 0 Å². The van der Waals surface area contributed by atoms with Crippen LogP contribution in [0.3, 0.4) is 0 Å². The van der Waals surface area contributed by atoms with Crippen molar-refractivity contribution in [2.24, 2.45) is 0 Å². The number of hydrogen-bond donors (Lipinski definition) is 2. The first kappa shape index (κ1) is 33.5. The number of sulfonamides is 1. The number of carbonyl (C=O) groups is 1. The number of aromatic carboxylic acids is 1. The standard InChI is InChI=1S/C35H30Cl2N2O5S2/c1-44-33-20-26(35(40)41)6-7-27(33)22-45-34(17-18-38-46(42,43)31-15-11-28(36)12-16-31)25-4-2-3-23(19-25)5-13-30-14-9-24-8-10-29(37)21-32(24)39-30/h2-16,19-21,34,38H,17-18,22H2,1H3,(H,40,41)/b13-5+. The smallest absolute Gasteiger partial charge is 0.335 e. The molecule has 11 heteroatoms. The summed E-state index contributed by atoms with van der Waals surface area (Å²) < 4.78 is 34.1. The molecule has 5 rings (SSSR count). The van der Waals surface area contributed by atoms with Crippen molar-refractivity contribution in [1.82, 2.24) is 9.71 Å². The van der Waals surface area contributed by atoms with Gasteiger partial charge in [-0.2, -0.15) is 0 Å². The lowest BCUT2D eigenvalue weighted by Crippen LogP contribution is -2.25. The summed E-state index contributed by atoms with van der Waals surface area (Å²) in [7, 11) is -2.22. The van der Waals surface area contributed by atoms with E-state index in [9.17, 15) is 18.3 Å². The molecule has 0 spiro atoms. The number of pyridine rings is 1. The van der Waals surface area contributed by atoms with Gasteiger partial charge in [-0.1, -0.05) is 71.7 Å². The lowest BCUT2D eigenvalue weighted by atomic mass is 10.1. The molecule has 1 atom stereocenters. The SMILES string of the molecule is COc1cc(C(=O)O)ccc1CSC(CCNS(=O)(=O)c1ccc(Cl)cc1)c1cccc(/C=C/c2ccc3ccc(Cl)cc3n2)c1. The van der Waals surface area contributed by atoms with E-state index in [-0.39, 0.29) is 22.3 Å². The average molecular weight is 694 g/mol. The first-order valence-electron chi connectivity index (χ1n) is 14.2. The van der Waals surface area contributed by atoms with Crippen LogP contribution in [0.15, 0.2) is 102 Å². The Morgan fingerprint density at radius 1 is 0.957 bits per heavy atom. The van der Waals surface area contributed by atoms with Gasteiger partial charge >= 0.3 is 5.97 Å². The van der Waals surface area contributed by atoms with E-state index in [2.05, 4.69) is 10.8 Å². The zero-order valence-corrected chi connectivity index (χ0v) is 27.8. The molecule has 0 aliphatic carbocycles. The summed E-state index contributed by atoms with van der Waals surface area (Å²) in [6, 6.07) is 28.5. The third-order valence-electron chi connectivity index (χ3n) is 7.20. The Balaban J connectivity index is 1.37. The molecule has 236 valence electrons. The number of carboxylic acid groups (broad SMARTS) is 1. The predicted molar refractivity (Wildman–Crippen MR) is 187 cm³/mol. The van der Waals surface area contributed by atoms with Crippen LogP contribution in [0.25, 0.3) is 23.1 Å². The number of halogens is 2. The Hall–Kier alpha value is -3.86. The Morgan fingerprint density at radius 2 is 1.72 bits per heavy atom. The predicted octanol–water partition coefficient (Wildman–Crippen LogP) is 8.76. The fraction of sp³-hybridized carbons (Fsp3) is 0.143. The molecule has 1 unspecified atom stereocenters. The topological polar surface area (TPSA) is 106 Å². The Bertz CT molecular complexity index is 2000. The maximum Gasteiger partial charge on any atom is 0.335 e. The number of nitrogens with one attached hydrogen (secondary N) is 1. The van der Waals surface area contributed by atoms with E-state index in [1.165, 1.54) is 25.3 Å². The number of hydrogen-bond acceptors (Lipinski definition) is 6. The molecule has 7 nitrogen and oxygen atoms in total. The monoisotopic (exact) mass is 692 g/mol.